The number of aliphatic hydroxyl groups excluding tert-OH is 1. The summed E-state index contributed by atoms with van der Waals surface area (Å²) >= 11 is 0. The number of carbonyl (C=O) groups is 1. The minimum absolute atomic E-state index is 0.0975. The van der Waals surface area contributed by atoms with Gasteiger partial charge in [0, 0.05) is 39.1 Å². The topological polar surface area (TPSA) is 112 Å². The highest BCUT2D eigenvalue weighted by molar-refractivity contribution is 7.89. The molecule has 1 fully saturated rings. The molecular weight excluding hydrogens is 468 g/mol. The lowest BCUT2D eigenvalue weighted by Gasteiger charge is -2.25. The van der Waals surface area contributed by atoms with E-state index < -0.39 is 22.5 Å². The zero-order chi connectivity index (χ0) is 25.0. The van der Waals surface area contributed by atoms with Gasteiger partial charge < -0.3 is 15.2 Å². The van der Waals surface area contributed by atoms with Crippen molar-refractivity contribution in [3.63, 3.8) is 0 Å². The molecule has 1 amide bonds. The number of likely N-dealkylation sites (tertiary alicyclic amines) is 1. The molecule has 186 valence electrons. The molecule has 9 nitrogen and oxygen atoms in total. The van der Waals surface area contributed by atoms with Crippen LogP contribution in [0, 0.1) is 0 Å². The fraction of sp³-hybridized carbons (Fsp3) is 0.360. The maximum absolute atomic E-state index is 12.9. The van der Waals surface area contributed by atoms with E-state index in [1.165, 1.54) is 20.2 Å². The number of hydrogen-bond acceptors (Lipinski definition) is 7. The number of nitrogens with zero attached hydrogens (tertiary/aromatic N) is 3. The van der Waals surface area contributed by atoms with E-state index in [4.69, 9.17) is 4.74 Å². The monoisotopic (exact) mass is 498 g/mol. The minimum atomic E-state index is -3.85. The van der Waals surface area contributed by atoms with Crippen molar-refractivity contribution in [3.05, 3.63) is 66.2 Å². The smallest absolute Gasteiger partial charge is 0.258 e. The lowest BCUT2D eigenvalue weighted by Crippen LogP contribution is -2.39. The number of fused-ring (bicyclic) bond motifs is 1. The molecule has 4 rings (SSSR count). The van der Waals surface area contributed by atoms with E-state index in [2.05, 4.69) is 15.2 Å². The van der Waals surface area contributed by atoms with Crippen molar-refractivity contribution in [1.82, 2.24) is 19.5 Å². The lowest BCUT2D eigenvalue weighted by atomic mass is 10.1. The first-order chi connectivity index (χ1) is 16.7. The predicted octanol–water partition coefficient (Wildman–Crippen LogP) is 1.79. The van der Waals surface area contributed by atoms with Crippen molar-refractivity contribution in [2.45, 2.75) is 23.5 Å². The maximum atomic E-state index is 12.9. The van der Waals surface area contributed by atoms with Gasteiger partial charge in [0.05, 0.1) is 17.7 Å². The molecule has 0 aliphatic carbocycles. The molecule has 1 saturated heterocycles. The van der Waals surface area contributed by atoms with Crippen molar-refractivity contribution in [1.29, 1.82) is 0 Å². The molecule has 0 saturated carbocycles. The summed E-state index contributed by atoms with van der Waals surface area (Å²) in [5.41, 5.74) is 1.50. The van der Waals surface area contributed by atoms with Crippen molar-refractivity contribution in [2.24, 2.45) is 0 Å². The van der Waals surface area contributed by atoms with Crippen molar-refractivity contribution < 1.29 is 23.1 Å². The molecule has 0 radical (unpaired) electrons. The summed E-state index contributed by atoms with van der Waals surface area (Å²) in [6, 6.07) is 17.9. The van der Waals surface area contributed by atoms with E-state index in [9.17, 15) is 18.3 Å². The van der Waals surface area contributed by atoms with Gasteiger partial charge in [0.2, 0.25) is 15.9 Å². The van der Waals surface area contributed by atoms with Gasteiger partial charge in [-0.2, -0.15) is 0 Å². The Morgan fingerprint density at radius 1 is 1.20 bits per heavy atom. The van der Waals surface area contributed by atoms with Crippen LogP contribution in [0.25, 0.3) is 10.9 Å². The number of carbonyl (C=O) groups excluding carboxylic acids is 1. The fourth-order valence-electron chi connectivity index (χ4n) is 4.09. The first kappa shape index (κ1) is 25.1. The Kier molecular flexibility index (Phi) is 7.66. The highest BCUT2D eigenvalue weighted by Gasteiger charge is 2.27. The summed E-state index contributed by atoms with van der Waals surface area (Å²) in [6.45, 7) is 1.46. The Labute approximate surface area is 205 Å². The number of para-hydroxylation sites is 1. The second kappa shape index (κ2) is 10.7. The van der Waals surface area contributed by atoms with Crippen LogP contribution in [-0.4, -0.2) is 80.1 Å². The molecule has 2 heterocycles. The van der Waals surface area contributed by atoms with E-state index in [1.54, 1.807) is 24.3 Å². The SMILES string of the molecule is CN(C)S(=O)(=O)c1cc2ccccc2nc1OCC(=O)N[C@H](CN1CC[C@H](O)C1)c1ccccc1. The first-order valence-electron chi connectivity index (χ1n) is 11.4. The molecule has 0 unspecified atom stereocenters. The Morgan fingerprint density at radius 3 is 2.60 bits per heavy atom. The molecule has 10 heteroatoms. The van der Waals surface area contributed by atoms with Crippen LogP contribution >= 0.6 is 0 Å². The molecule has 1 aliphatic heterocycles. The molecule has 2 N–H and O–H groups in total. The van der Waals surface area contributed by atoms with Crippen LogP contribution in [0.1, 0.15) is 18.0 Å². The van der Waals surface area contributed by atoms with Gasteiger partial charge in [-0.05, 0) is 24.1 Å². The van der Waals surface area contributed by atoms with Gasteiger partial charge in [-0.3, -0.25) is 9.69 Å². The Balaban J connectivity index is 1.53. The maximum Gasteiger partial charge on any atom is 0.258 e. The normalized spacial score (nSPS) is 17.5. The van der Waals surface area contributed by atoms with Crippen LogP contribution < -0.4 is 10.1 Å². The number of benzene rings is 2. The predicted molar refractivity (Wildman–Crippen MR) is 133 cm³/mol. The molecule has 3 aromatic rings. The summed E-state index contributed by atoms with van der Waals surface area (Å²) in [6.07, 6.45) is 0.344. The third kappa shape index (κ3) is 5.96. The Morgan fingerprint density at radius 2 is 1.91 bits per heavy atom. The molecule has 1 aromatic heterocycles. The fourth-order valence-corrected chi connectivity index (χ4v) is 5.08. The molecule has 2 aromatic carbocycles. The molecule has 0 spiro atoms. The van der Waals surface area contributed by atoms with Gasteiger partial charge in [0.1, 0.15) is 4.90 Å². The van der Waals surface area contributed by atoms with Crippen LogP contribution in [0.2, 0.25) is 0 Å². The first-order valence-corrected chi connectivity index (χ1v) is 12.9. The summed E-state index contributed by atoms with van der Waals surface area (Å²) < 4.78 is 32.6. The van der Waals surface area contributed by atoms with Crippen LogP contribution in [0.4, 0.5) is 0 Å². The number of hydrogen-bond donors (Lipinski definition) is 2. The summed E-state index contributed by atoms with van der Waals surface area (Å²) in [7, 11) is -0.988. The molecule has 0 bridgehead atoms. The Hall–Kier alpha value is -3.05. The van der Waals surface area contributed by atoms with E-state index >= 15 is 0 Å². The van der Waals surface area contributed by atoms with Gasteiger partial charge in [0.25, 0.3) is 5.91 Å². The summed E-state index contributed by atoms with van der Waals surface area (Å²) in [4.78, 5) is 19.3. The van der Waals surface area contributed by atoms with Gasteiger partial charge in [-0.25, -0.2) is 17.7 Å². The number of aliphatic hydroxyl groups is 1. The van der Waals surface area contributed by atoms with E-state index in [-0.39, 0.29) is 22.9 Å². The number of ether oxygens (including phenoxy) is 1. The standard InChI is InChI=1S/C25H30N4O5S/c1-28(2)35(32,33)23-14-19-10-6-7-11-21(19)27-25(23)34-17-24(31)26-22(18-8-4-3-5-9-18)16-29-13-12-20(30)15-29/h3-11,14,20,22,30H,12-13,15-17H2,1-2H3,(H,26,31)/t20-,22+/m0/s1. The Bertz CT molecular complexity index is 1280. The van der Waals surface area contributed by atoms with E-state index in [1.807, 2.05) is 30.3 Å². The van der Waals surface area contributed by atoms with Crippen LogP contribution in [0.15, 0.2) is 65.6 Å². The summed E-state index contributed by atoms with van der Waals surface area (Å²) in [5, 5.41) is 13.5. The average Bonchev–Trinajstić information content (AvgIpc) is 3.26. The number of amides is 1. The molecule has 1 aliphatic rings. The van der Waals surface area contributed by atoms with Gasteiger partial charge in [-0.1, -0.05) is 48.5 Å². The molecule has 35 heavy (non-hydrogen) atoms. The molecule has 2 atom stereocenters. The molecular formula is C25H30N4O5S. The third-order valence-corrected chi connectivity index (χ3v) is 7.79. The zero-order valence-electron chi connectivity index (χ0n) is 19.8. The van der Waals surface area contributed by atoms with Gasteiger partial charge in [-0.15, -0.1) is 0 Å². The second-order valence-corrected chi connectivity index (χ2v) is 10.9. The third-order valence-electron chi connectivity index (χ3n) is 5.98. The van der Waals surface area contributed by atoms with Crippen molar-refractivity contribution in [2.75, 3.05) is 40.3 Å². The number of sulfonamides is 1. The van der Waals surface area contributed by atoms with Gasteiger partial charge >= 0.3 is 0 Å². The second-order valence-electron chi connectivity index (χ2n) is 8.79. The number of rotatable bonds is 9. The minimum Gasteiger partial charge on any atom is -0.467 e. The quantitative estimate of drug-likeness (QED) is 0.463. The van der Waals surface area contributed by atoms with Crippen LogP contribution in [0.5, 0.6) is 5.88 Å². The lowest BCUT2D eigenvalue weighted by molar-refractivity contribution is -0.124. The van der Waals surface area contributed by atoms with Crippen LogP contribution in [0.3, 0.4) is 0 Å². The van der Waals surface area contributed by atoms with E-state index in [0.717, 1.165) is 16.4 Å². The summed E-state index contributed by atoms with van der Waals surface area (Å²) in [5.74, 6) is -0.520. The van der Waals surface area contributed by atoms with E-state index in [0.29, 0.717) is 30.4 Å². The van der Waals surface area contributed by atoms with Gasteiger partial charge in [0.15, 0.2) is 6.61 Å². The highest BCUT2D eigenvalue weighted by Crippen LogP contribution is 2.28. The largest absolute Gasteiger partial charge is 0.467 e. The highest BCUT2D eigenvalue weighted by atomic mass is 32.2. The number of pyridine rings is 1. The number of β-amino-alcohol motifs (C(OH)–C–C–N with tert-alkyl or cyclic N) is 1. The average molecular weight is 499 g/mol. The zero-order valence-corrected chi connectivity index (χ0v) is 20.6. The van der Waals surface area contributed by atoms with Crippen molar-refractivity contribution >= 4 is 26.8 Å². The number of aromatic nitrogens is 1. The van der Waals surface area contributed by atoms with Crippen molar-refractivity contribution in [3.8, 4) is 5.88 Å². The number of nitrogens with one attached hydrogen (secondary N) is 1. The van der Waals surface area contributed by atoms with Crippen LogP contribution in [-0.2, 0) is 14.8 Å².